The first-order chi connectivity index (χ1) is 8.74. The molecule has 0 aliphatic heterocycles. The van der Waals surface area contributed by atoms with Gasteiger partial charge >= 0.3 is 0 Å². The number of nitrogen functional groups attached to an aromatic ring is 1. The van der Waals surface area contributed by atoms with E-state index in [-0.39, 0.29) is 0 Å². The molecule has 0 saturated heterocycles. The molecule has 1 fully saturated rings. The highest BCUT2D eigenvalue weighted by atomic mass is 32.1. The number of nitrogens with one attached hydrogen (secondary N) is 1. The summed E-state index contributed by atoms with van der Waals surface area (Å²) in [5.41, 5.74) is 7.99. The molecular formula is C13H16N4S. The number of nitrogens with two attached hydrogens (primary N) is 1. The molecule has 0 spiro atoms. The van der Waals surface area contributed by atoms with E-state index in [1.807, 2.05) is 18.3 Å². The lowest BCUT2D eigenvalue weighted by atomic mass is 9.82. The molecular weight excluding hydrogens is 244 g/mol. The summed E-state index contributed by atoms with van der Waals surface area (Å²) in [7, 11) is 0. The SMILES string of the molecule is CC1CC(Nc2snc(N)c2-c2cccnc2)C1. The van der Waals surface area contributed by atoms with Gasteiger partial charge in [0.1, 0.15) is 10.8 Å². The minimum absolute atomic E-state index is 0.565. The zero-order chi connectivity index (χ0) is 12.5. The van der Waals surface area contributed by atoms with Gasteiger partial charge in [-0.05, 0) is 36.4 Å². The molecule has 1 aliphatic carbocycles. The smallest absolute Gasteiger partial charge is 0.147 e. The molecule has 2 aromatic heterocycles. The molecule has 0 radical (unpaired) electrons. The number of aromatic nitrogens is 2. The average molecular weight is 260 g/mol. The predicted molar refractivity (Wildman–Crippen MR) is 75.6 cm³/mol. The molecule has 1 saturated carbocycles. The Bertz CT molecular complexity index is 531. The number of rotatable bonds is 3. The molecule has 1 aliphatic rings. The fourth-order valence-electron chi connectivity index (χ4n) is 2.40. The topological polar surface area (TPSA) is 63.8 Å². The highest BCUT2D eigenvalue weighted by molar-refractivity contribution is 7.11. The van der Waals surface area contributed by atoms with Crippen LogP contribution in [-0.2, 0) is 0 Å². The molecule has 5 heteroatoms. The summed E-state index contributed by atoms with van der Waals surface area (Å²) in [6, 6.07) is 4.50. The maximum absolute atomic E-state index is 5.97. The molecule has 0 amide bonds. The van der Waals surface area contributed by atoms with E-state index in [1.165, 1.54) is 24.4 Å². The quantitative estimate of drug-likeness (QED) is 0.890. The van der Waals surface area contributed by atoms with E-state index in [0.717, 1.165) is 22.0 Å². The van der Waals surface area contributed by atoms with Gasteiger partial charge in [-0.25, -0.2) is 0 Å². The largest absolute Gasteiger partial charge is 0.382 e. The molecule has 3 rings (SSSR count). The zero-order valence-electron chi connectivity index (χ0n) is 10.3. The third-order valence-electron chi connectivity index (χ3n) is 3.38. The van der Waals surface area contributed by atoms with Gasteiger partial charge in [-0.3, -0.25) is 4.98 Å². The second-order valence-electron chi connectivity index (χ2n) is 4.93. The summed E-state index contributed by atoms with van der Waals surface area (Å²) < 4.78 is 4.25. The van der Waals surface area contributed by atoms with Crippen LogP contribution in [0.3, 0.4) is 0 Å². The summed E-state index contributed by atoms with van der Waals surface area (Å²) >= 11 is 1.44. The second kappa shape index (κ2) is 4.57. The van der Waals surface area contributed by atoms with Crippen LogP contribution in [0.1, 0.15) is 19.8 Å². The Kier molecular flexibility index (Phi) is 2.91. The van der Waals surface area contributed by atoms with Gasteiger partial charge in [-0.2, -0.15) is 4.37 Å². The predicted octanol–water partition coefficient (Wildman–Crippen LogP) is 3.00. The van der Waals surface area contributed by atoms with Gasteiger partial charge in [-0.1, -0.05) is 13.0 Å². The van der Waals surface area contributed by atoms with Crippen molar-refractivity contribution in [3.05, 3.63) is 24.5 Å². The van der Waals surface area contributed by atoms with Crippen LogP contribution in [0.4, 0.5) is 10.8 Å². The standard InChI is InChI=1S/C13H16N4S/c1-8-5-10(6-8)16-13-11(12(14)17-18-13)9-3-2-4-15-7-9/h2-4,7-8,10,16H,5-6H2,1H3,(H2,14,17). The van der Waals surface area contributed by atoms with Gasteiger partial charge in [0.25, 0.3) is 0 Å². The highest BCUT2D eigenvalue weighted by Gasteiger charge is 2.27. The first-order valence-electron chi connectivity index (χ1n) is 6.16. The Labute approximate surface area is 110 Å². The van der Waals surface area contributed by atoms with Crippen molar-refractivity contribution in [1.29, 1.82) is 0 Å². The van der Waals surface area contributed by atoms with Gasteiger partial charge < -0.3 is 11.1 Å². The van der Waals surface area contributed by atoms with Crippen LogP contribution in [0.15, 0.2) is 24.5 Å². The summed E-state index contributed by atoms with van der Waals surface area (Å²) in [6.07, 6.45) is 6.05. The van der Waals surface area contributed by atoms with Gasteiger partial charge in [0, 0.05) is 24.0 Å². The lowest BCUT2D eigenvalue weighted by Gasteiger charge is -2.33. The van der Waals surface area contributed by atoms with Gasteiger partial charge in [0.15, 0.2) is 0 Å². The minimum Gasteiger partial charge on any atom is -0.382 e. The van der Waals surface area contributed by atoms with E-state index in [9.17, 15) is 0 Å². The van der Waals surface area contributed by atoms with Crippen LogP contribution >= 0.6 is 11.5 Å². The lowest BCUT2D eigenvalue weighted by Crippen LogP contribution is -2.33. The molecule has 0 bridgehead atoms. The van der Waals surface area contributed by atoms with E-state index in [1.54, 1.807) is 6.20 Å². The van der Waals surface area contributed by atoms with E-state index in [2.05, 4.69) is 21.6 Å². The maximum atomic E-state index is 5.97. The van der Waals surface area contributed by atoms with Crippen LogP contribution in [0.25, 0.3) is 11.1 Å². The summed E-state index contributed by atoms with van der Waals surface area (Å²) in [5, 5.41) is 4.61. The Morgan fingerprint density at radius 1 is 1.44 bits per heavy atom. The molecule has 18 heavy (non-hydrogen) atoms. The third kappa shape index (κ3) is 2.06. The Morgan fingerprint density at radius 3 is 2.94 bits per heavy atom. The molecule has 0 atom stereocenters. The van der Waals surface area contributed by atoms with Crippen molar-refractivity contribution in [3.8, 4) is 11.1 Å². The van der Waals surface area contributed by atoms with Crippen molar-refractivity contribution >= 4 is 22.4 Å². The van der Waals surface area contributed by atoms with Crippen LogP contribution in [0.5, 0.6) is 0 Å². The molecule has 0 unspecified atom stereocenters. The Hall–Kier alpha value is -1.62. The Morgan fingerprint density at radius 2 is 2.28 bits per heavy atom. The highest BCUT2D eigenvalue weighted by Crippen LogP contribution is 2.39. The lowest BCUT2D eigenvalue weighted by molar-refractivity contribution is 0.309. The zero-order valence-corrected chi connectivity index (χ0v) is 11.1. The van der Waals surface area contributed by atoms with Gasteiger partial charge in [-0.15, -0.1) is 0 Å². The van der Waals surface area contributed by atoms with E-state index < -0.39 is 0 Å². The van der Waals surface area contributed by atoms with Crippen LogP contribution in [0, 0.1) is 5.92 Å². The summed E-state index contributed by atoms with van der Waals surface area (Å²) in [6.45, 7) is 2.28. The van der Waals surface area contributed by atoms with Gasteiger partial charge in [0.05, 0.1) is 5.56 Å². The van der Waals surface area contributed by atoms with Crippen molar-refractivity contribution in [3.63, 3.8) is 0 Å². The number of hydrogen-bond acceptors (Lipinski definition) is 5. The van der Waals surface area contributed by atoms with Crippen LogP contribution < -0.4 is 11.1 Å². The van der Waals surface area contributed by atoms with E-state index in [4.69, 9.17) is 5.73 Å². The van der Waals surface area contributed by atoms with Crippen molar-refractivity contribution in [2.75, 3.05) is 11.1 Å². The number of anilines is 2. The van der Waals surface area contributed by atoms with Crippen molar-refractivity contribution in [1.82, 2.24) is 9.36 Å². The van der Waals surface area contributed by atoms with E-state index in [0.29, 0.717) is 11.9 Å². The Balaban J connectivity index is 1.87. The van der Waals surface area contributed by atoms with Gasteiger partial charge in [0.2, 0.25) is 0 Å². The van der Waals surface area contributed by atoms with Crippen molar-refractivity contribution in [2.24, 2.45) is 5.92 Å². The molecule has 3 N–H and O–H groups in total. The summed E-state index contributed by atoms with van der Waals surface area (Å²) in [4.78, 5) is 4.14. The molecule has 4 nitrogen and oxygen atoms in total. The molecule has 0 aromatic carbocycles. The van der Waals surface area contributed by atoms with Crippen molar-refractivity contribution < 1.29 is 0 Å². The number of nitrogens with zero attached hydrogens (tertiary/aromatic N) is 2. The average Bonchev–Trinajstić information content (AvgIpc) is 2.70. The van der Waals surface area contributed by atoms with Crippen LogP contribution in [0.2, 0.25) is 0 Å². The van der Waals surface area contributed by atoms with E-state index >= 15 is 0 Å². The molecule has 2 heterocycles. The monoisotopic (exact) mass is 260 g/mol. The molecule has 94 valence electrons. The maximum Gasteiger partial charge on any atom is 0.147 e. The first-order valence-corrected chi connectivity index (χ1v) is 6.93. The third-order valence-corrected chi connectivity index (χ3v) is 4.17. The minimum atomic E-state index is 0.565. The number of hydrogen-bond donors (Lipinski definition) is 2. The summed E-state index contributed by atoms with van der Waals surface area (Å²) in [5.74, 6) is 1.41. The fourth-order valence-corrected chi connectivity index (χ4v) is 3.21. The second-order valence-corrected chi connectivity index (χ2v) is 5.70. The first kappa shape index (κ1) is 11.5. The normalized spacial score (nSPS) is 22.5. The van der Waals surface area contributed by atoms with Crippen molar-refractivity contribution in [2.45, 2.75) is 25.8 Å². The molecule has 2 aromatic rings. The fraction of sp³-hybridized carbons (Fsp3) is 0.385. The van der Waals surface area contributed by atoms with Crippen LogP contribution in [-0.4, -0.2) is 15.4 Å². The number of pyridine rings is 1.